The minimum Gasteiger partial charge on any atom is -0.481 e. The van der Waals surface area contributed by atoms with E-state index in [1.54, 1.807) is 0 Å². The Morgan fingerprint density at radius 3 is 1.67 bits per heavy atom. The van der Waals surface area contributed by atoms with Crippen molar-refractivity contribution in [3.05, 3.63) is 0 Å². The lowest BCUT2D eigenvalue weighted by Gasteiger charge is -2.16. The summed E-state index contributed by atoms with van der Waals surface area (Å²) in [6.45, 7) is 2.22. The molecule has 0 saturated carbocycles. The fourth-order valence-corrected chi connectivity index (χ4v) is 2.91. The van der Waals surface area contributed by atoms with E-state index in [-0.39, 0.29) is 12.8 Å². The molecule has 3 N–H and O–H groups in total. The van der Waals surface area contributed by atoms with Gasteiger partial charge in [-0.15, -0.1) is 0 Å². The molecule has 0 aliphatic heterocycles. The summed E-state index contributed by atoms with van der Waals surface area (Å²) in [7, 11) is 0. The second-order valence-electron chi connectivity index (χ2n) is 6.58. The second kappa shape index (κ2) is 15.4. The molecule has 1 amide bonds. The first-order valence-electron chi connectivity index (χ1n) is 9.42. The first kappa shape index (κ1) is 22.9. The van der Waals surface area contributed by atoms with Gasteiger partial charge in [-0.1, -0.05) is 82.8 Å². The molecule has 0 heterocycles. The minimum atomic E-state index is -0.978. The fraction of sp³-hybridized carbons (Fsp3) is 0.889. The Hall–Kier alpha value is -1.14. The molecule has 0 rings (SSSR count). The number of hydroxylamine groups is 2. The largest absolute Gasteiger partial charge is 0.481 e. The van der Waals surface area contributed by atoms with Gasteiger partial charge in [-0.05, 0) is 12.8 Å². The first-order valence-corrected chi connectivity index (χ1v) is 9.42. The van der Waals surface area contributed by atoms with Crippen LogP contribution in [0, 0.1) is 5.92 Å². The fourth-order valence-electron chi connectivity index (χ4n) is 2.91. The predicted molar refractivity (Wildman–Crippen MR) is 91.9 cm³/mol. The molecule has 0 aromatic rings. The maximum Gasteiger partial charge on any atom is 0.303 e. The Balaban J connectivity index is 3.68. The molecule has 6 nitrogen and oxygen atoms in total. The molecule has 0 aliphatic rings. The number of rotatable bonds is 16. The maximum absolute atomic E-state index is 11.6. The monoisotopic (exact) mass is 345 g/mol. The van der Waals surface area contributed by atoms with Crippen LogP contribution in [0.15, 0.2) is 0 Å². The molecular formula is C18H35NO5. The van der Waals surface area contributed by atoms with Gasteiger partial charge in [-0.25, -0.2) is 0 Å². The number of nitrogens with zero attached hydrogens (tertiary/aromatic N) is 1. The minimum absolute atomic E-state index is 0.137. The van der Waals surface area contributed by atoms with Crippen molar-refractivity contribution >= 4 is 11.9 Å². The van der Waals surface area contributed by atoms with Crippen LogP contribution < -0.4 is 0 Å². The van der Waals surface area contributed by atoms with Gasteiger partial charge in [0.2, 0.25) is 0 Å². The van der Waals surface area contributed by atoms with E-state index in [9.17, 15) is 9.59 Å². The van der Waals surface area contributed by atoms with Crippen molar-refractivity contribution < 1.29 is 25.1 Å². The summed E-state index contributed by atoms with van der Waals surface area (Å²) >= 11 is 0. The molecule has 0 fully saturated rings. The van der Waals surface area contributed by atoms with Crippen molar-refractivity contribution in [2.24, 2.45) is 5.92 Å². The third kappa shape index (κ3) is 13.3. The highest BCUT2D eigenvalue weighted by Crippen LogP contribution is 2.19. The number of carboxylic acid groups (broad SMARTS) is 1. The van der Waals surface area contributed by atoms with Crippen LogP contribution in [0.4, 0.5) is 0 Å². The number of amides is 1. The lowest BCUT2D eigenvalue weighted by molar-refractivity contribution is -0.288. The molecule has 0 spiro atoms. The number of hydrogen-bond donors (Lipinski definition) is 3. The lowest BCUT2D eigenvalue weighted by atomic mass is 9.95. The highest BCUT2D eigenvalue weighted by atomic mass is 16.8. The smallest absolute Gasteiger partial charge is 0.303 e. The zero-order valence-corrected chi connectivity index (χ0v) is 15.1. The number of hydrogen-bond acceptors (Lipinski definition) is 4. The van der Waals surface area contributed by atoms with E-state index < -0.39 is 23.0 Å². The molecule has 0 saturated heterocycles. The standard InChI is InChI=1S/C18H35NO5/c1-2-3-4-5-6-7-8-9-10-11-12-13-16(14-15-17(20)21)18(22)19(23)24/h16,23-24H,2-15H2,1H3,(H,20,21). The summed E-state index contributed by atoms with van der Waals surface area (Å²) in [4.78, 5) is 22.2. The molecule has 1 unspecified atom stereocenters. The summed E-state index contributed by atoms with van der Waals surface area (Å²) in [5, 5.41) is 25.9. The van der Waals surface area contributed by atoms with Crippen molar-refractivity contribution in [2.75, 3.05) is 0 Å². The average Bonchev–Trinajstić information content (AvgIpc) is 2.54. The molecular weight excluding hydrogens is 310 g/mol. The van der Waals surface area contributed by atoms with Crippen LogP contribution in [0.1, 0.15) is 96.8 Å². The summed E-state index contributed by atoms with van der Waals surface area (Å²) < 4.78 is 0. The van der Waals surface area contributed by atoms with Gasteiger partial charge >= 0.3 is 5.97 Å². The van der Waals surface area contributed by atoms with E-state index in [4.69, 9.17) is 15.5 Å². The second-order valence-corrected chi connectivity index (χ2v) is 6.58. The van der Waals surface area contributed by atoms with Crippen LogP contribution in [0.25, 0.3) is 0 Å². The van der Waals surface area contributed by atoms with Crippen molar-refractivity contribution in [3.8, 4) is 0 Å². The molecule has 0 radical (unpaired) electrons. The van der Waals surface area contributed by atoms with E-state index in [0.29, 0.717) is 6.42 Å². The van der Waals surface area contributed by atoms with Gasteiger partial charge in [0, 0.05) is 12.3 Å². The summed E-state index contributed by atoms with van der Waals surface area (Å²) in [6.07, 6.45) is 13.7. The van der Waals surface area contributed by atoms with Gasteiger partial charge in [0.05, 0.1) is 0 Å². The number of unbranched alkanes of at least 4 members (excludes halogenated alkanes) is 10. The number of aliphatic carboxylic acids is 1. The SMILES string of the molecule is CCCCCCCCCCCCCC(CCC(=O)O)C(=O)N(O)O. The molecule has 142 valence electrons. The van der Waals surface area contributed by atoms with E-state index in [1.165, 1.54) is 51.4 Å². The highest BCUT2D eigenvalue weighted by molar-refractivity contribution is 5.77. The van der Waals surface area contributed by atoms with Crippen LogP contribution >= 0.6 is 0 Å². The van der Waals surface area contributed by atoms with Gasteiger partial charge in [0.15, 0.2) is 0 Å². The van der Waals surface area contributed by atoms with E-state index >= 15 is 0 Å². The molecule has 24 heavy (non-hydrogen) atoms. The normalized spacial score (nSPS) is 12.1. The van der Waals surface area contributed by atoms with Crippen molar-refractivity contribution in [3.63, 3.8) is 0 Å². The quantitative estimate of drug-likeness (QED) is 0.212. The highest BCUT2D eigenvalue weighted by Gasteiger charge is 2.23. The Labute approximate surface area is 145 Å². The summed E-state index contributed by atoms with van der Waals surface area (Å²) in [5.41, 5.74) is 0. The predicted octanol–water partition coefficient (Wildman–Crippen LogP) is 4.78. The van der Waals surface area contributed by atoms with E-state index in [1.807, 2.05) is 0 Å². The van der Waals surface area contributed by atoms with Gasteiger partial charge in [-0.2, -0.15) is 0 Å². The van der Waals surface area contributed by atoms with E-state index in [2.05, 4.69) is 6.92 Å². The Morgan fingerprint density at radius 2 is 1.25 bits per heavy atom. The Morgan fingerprint density at radius 1 is 0.792 bits per heavy atom. The molecule has 0 aromatic heterocycles. The molecule has 0 aliphatic carbocycles. The first-order chi connectivity index (χ1) is 11.5. The molecule has 0 aromatic carbocycles. The van der Waals surface area contributed by atoms with Gasteiger partial charge in [-0.3, -0.25) is 20.0 Å². The topological polar surface area (TPSA) is 98.1 Å². The average molecular weight is 345 g/mol. The lowest BCUT2D eigenvalue weighted by Crippen LogP contribution is -2.31. The van der Waals surface area contributed by atoms with Crippen LogP contribution in [0.5, 0.6) is 0 Å². The number of carbonyl (C=O) groups is 2. The van der Waals surface area contributed by atoms with Crippen molar-refractivity contribution in [2.45, 2.75) is 96.8 Å². The van der Waals surface area contributed by atoms with Crippen LogP contribution in [0.3, 0.4) is 0 Å². The molecule has 6 heteroatoms. The number of carboxylic acids is 1. The zero-order chi connectivity index (χ0) is 18.2. The molecule has 1 atom stereocenters. The van der Waals surface area contributed by atoms with E-state index in [0.717, 1.165) is 19.3 Å². The van der Waals surface area contributed by atoms with Crippen LogP contribution in [-0.2, 0) is 9.59 Å². The van der Waals surface area contributed by atoms with Crippen molar-refractivity contribution in [1.82, 2.24) is 5.23 Å². The Kier molecular flexibility index (Phi) is 14.7. The maximum atomic E-state index is 11.6. The van der Waals surface area contributed by atoms with Crippen LogP contribution in [-0.4, -0.2) is 32.6 Å². The summed E-state index contributed by atoms with van der Waals surface area (Å²) in [5.74, 6) is -2.42. The zero-order valence-electron chi connectivity index (χ0n) is 15.1. The summed E-state index contributed by atoms with van der Waals surface area (Å²) in [6, 6.07) is 0. The Bertz CT molecular complexity index is 333. The van der Waals surface area contributed by atoms with Gasteiger partial charge in [0.25, 0.3) is 5.91 Å². The van der Waals surface area contributed by atoms with Gasteiger partial charge < -0.3 is 5.11 Å². The van der Waals surface area contributed by atoms with Crippen LogP contribution in [0.2, 0.25) is 0 Å². The number of carbonyl (C=O) groups excluding carboxylic acids is 1. The molecule has 0 bridgehead atoms. The third-order valence-corrected chi connectivity index (χ3v) is 4.41. The third-order valence-electron chi connectivity index (χ3n) is 4.41. The van der Waals surface area contributed by atoms with Crippen molar-refractivity contribution in [1.29, 1.82) is 0 Å². The van der Waals surface area contributed by atoms with Gasteiger partial charge in [0.1, 0.15) is 0 Å².